The van der Waals surface area contributed by atoms with Crippen molar-refractivity contribution in [3.8, 4) is 17.5 Å². The molecular weight excluding hydrogens is 276 g/mol. The van der Waals surface area contributed by atoms with Crippen molar-refractivity contribution < 1.29 is 4.74 Å². The first-order valence-electron chi connectivity index (χ1n) is 6.87. The molecule has 0 amide bonds. The van der Waals surface area contributed by atoms with E-state index in [1.165, 1.54) is 0 Å². The van der Waals surface area contributed by atoms with Gasteiger partial charge in [-0.05, 0) is 36.8 Å². The fourth-order valence-electron chi connectivity index (χ4n) is 2.10. The van der Waals surface area contributed by atoms with Gasteiger partial charge in [0.15, 0.2) is 5.69 Å². The van der Waals surface area contributed by atoms with Gasteiger partial charge in [0.2, 0.25) is 0 Å². The number of ether oxygens (including phenoxy) is 1. The standard InChI is InChI=1S/C17H14N4O/c1-13-17(11-18)19-20-21(13)15-7-9-16(10-8-15)22-12-14-5-3-2-4-6-14/h2-10H,12H2,1H3. The lowest BCUT2D eigenvalue weighted by Gasteiger charge is -2.08. The summed E-state index contributed by atoms with van der Waals surface area (Å²) in [5.74, 6) is 0.783. The van der Waals surface area contributed by atoms with Crippen LogP contribution in [0.25, 0.3) is 5.69 Å². The van der Waals surface area contributed by atoms with Crippen LogP contribution in [0.4, 0.5) is 0 Å². The molecule has 22 heavy (non-hydrogen) atoms. The maximum atomic E-state index is 8.92. The van der Waals surface area contributed by atoms with E-state index in [1.807, 2.05) is 67.6 Å². The van der Waals surface area contributed by atoms with Gasteiger partial charge in [-0.25, -0.2) is 4.68 Å². The lowest BCUT2D eigenvalue weighted by molar-refractivity contribution is 0.306. The highest BCUT2D eigenvalue weighted by molar-refractivity contribution is 5.39. The number of nitrogens with zero attached hydrogens (tertiary/aromatic N) is 4. The van der Waals surface area contributed by atoms with E-state index in [2.05, 4.69) is 10.3 Å². The fourth-order valence-corrected chi connectivity index (χ4v) is 2.10. The van der Waals surface area contributed by atoms with Gasteiger partial charge in [0.05, 0.1) is 11.4 Å². The molecule has 1 aromatic heterocycles. The molecule has 0 unspecified atom stereocenters. The first-order chi connectivity index (χ1) is 10.8. The Morgan fingerprint density at radius 3 is 2.45 bits per heavy atom. The lowest BCUT2D eigenvalue weighted by Crippen LogP contribution is -2.00. The largest absolute Gasteiger partial charge is 0.489 e. The Balaban J connectivity index is 1.73. The Labute approximate surface area is 128 Å². The normalized spacial score (nSPS) is 10.2. The monoisotopic (exact) mass is 290 g/mol. The summed E-state index contributed by atoms with van der Waals surface area (Å²) in [6.07, 6.45) is 0. The molecule has 2 aromatic carbocycles. The minimum atomic E-state index is 0.337. The van der Waals surface area contributed by atoms with Crippen LogP contribution in [-0.4, -0.2) is 15.0 Å². The van der Waals surface area contributed by atoms with Gasteiger partial charge in [-0.15, -0.1) is 5.10 Å². The first-order valence-corrected chi connectivity index (χ1v) is 6.87. The zero-order chi connectivity index (χ0) is 15.4. The molecule has 0 aliphatic rings. The second-order valence-corrected chi connectivity index (χ2v) is 4.82. The predicted molar refractivity (Wildman–Crippen MR) is 81.6 cm³/mol. The van der Waals surface area contributed by atoms with Gasteiger partial charge in [-0.2, -0.15) is 5.26 Å². The molecular formula is C17H14N4O. The summed E-state index contributed by atoms with van der Waals surface area (Å²) in [6, 6.07) is 19.6. The number of benzene rings is 2. The van der Waals surface area contributed by atoms with E-state index < -0.39 is 0 Å². The molecule has 0 N–H and O–H groups in total. The molecule has 5 heteroatoms. The highest BCUT2D eigenvalue weighted by Crippen LogP contribution is 2.18. The summed E-state index contributed by atoms with van der Waals surface area (Å²) < 4.78 is 7.38. The summed E-state index contributed by atoms with van der Waals surface area (Å²) in [5, 5.41) is 16.7. The van der Waals surface area contributed by atoms with Gasteiger partial charge >= 0.3 is 0 Å². The van der Waals surface area contributed by atoms with Gasteiger partial charge in [0.25, 0.3) is 0 Å². The van der Waals surface area contributed by atoms with Crippen LogP contribution >= 0.6 is 0 Å². The number of rotatable bonds is 4. The van der Waals surface area contributed by atoms with Crippen molar-refractivity contribution in [1.29, 1.82) is 5.26 Å². The fraction of sp³-hybridized carbons (Fsp3) is 0.118. The predicted octanol–water partition coefficient (Wildman–Crippen LogP) is 3.03. The van der Waals surface area contributed by atoms with Gasteiger partial charge in [0, 0.05) is 0 Å². The van der Waals surface area contributed by atoms with Crippen molar-refractivity contribution in [1.82, 2.24) is 15.0 Å². The van der Waals surface area contributed by atoms with Crippen molar-refractivity contribution in [2.24, 2.45) is 0 Å². The van der Waals surface area contributed by atoms with E-state index in [0.717, 1.165) is 22.7 Å². The number of hydrogen-bond acceptors (Lipinski definition) is 4. The second-order valence-electron chi connectivity index (χ2n) is 4.82. The van der Waals surface area contributed by atoms with Crippen LogP contribution in [0.15, 0.2) is 54.6 Å². The molecule has 0 spiro atoms. The molecule has 1 heterocycles. The molecule has 0 saturated heterocycles. The second kappa shape index (κ2) is 6.10. The molecule has 0 aliphatic heterocycles. The zero-order valence-corrected chi connectivity index (χ0v) is 12.1. The van der Waals surface area contributed by atoms with Crippen LogP contribution in [0.2, 0.25) is 0 Å². The maximum absolute atomic E-state index is 8.92. The van der Waals surface area contributed by atoms with E-state index in [0.29, 0.717) is 12.3 Å². The smallest absolute Gasteiger partial charge is 0.186 e. The molecule has 3 aromatic rings. The number of aromatic nitrogens is 3. The Bertz CT molecular complexity index is 801. The Morgan fingerprint density at radius 2 is 1.82 bits per heavy atom. The molecule has 0 fully saturated rings. The summed E-state index contributed by atoms with van der Waals surface area (Å²) >= 11 is 0. The molecule has 0 aliphatic carbocycles. The molecule has 0 saturated carbocycles. The van der Waals surface area contributed by atoms with Crippen molar-refractivity contribution >= 4 is 0 Å². The van der Waals surface area contributed by atoms with E-state index in [1.54, 1.807) is 4.68 Å². The van der Waals surface area contributed by atoms with Crippen molar-refractivity contribution in [2.45, 2.75) is 13.5 Å². The van der Waals surface area contributed by atoms with E-state index >= 15 is 0 Å². The van der Waals surface area contributed by atoms with Gasteiger partial charge in [0.1, 0.15) is 18.4 Å². The zero-order valence-electron chi connectivity index (χ0n) is 12.1. The molecule has 3 rings (SSSR count). The van der Waals surface area contributed by atoms with Crippen molar-refractivity contribution in [2.75, 3.05) is 0 Å². The van der Waals surface area contributed by atoms with Crippen LogP contribution in [0.5, 0.6) is 5.75 Å². The summed E-state index contributed by atoms with van der Waals surface area (Å²) in [7, 11) is 0. The summed E-state index contributed by atoms with van der Waals surface area (Å²) in [4.78, 5) is 0. The highest BCUT2D eigenvalue weighted by Gasteiger charge is 2.09. The minimum absolute atomic E-state index is 0.337. The maximum Gasteiger partial charge on any atom is 0.186 e. The van der Waals surface area contributed by atoms with Gasteiger partial charge in [-0.3, -0.25) is 0 Å². The Hall–Kier alpha value is -3.13. The third-order valence-electron chi connectivity index (χ3n) is 3.33. The topological polar surface area (TPSA) is 63.7 Å². The van der Waals surface area contributed by atoms with Crippen molar-refractivity contribution in [3.63, 3.8) is 0 Å². The van der Waals surface area contributed by atoms with Crippen LogP contribution in [0.1, 0.15) is 17.0 Å². The SMILES string of the molecule is Cc1c(C#N)nnn1-c1ccc(OCc2ccccc2)cc1. The van der Waals surface area contributed by atoms with Crippen molar-refractivity contribution in [3.05, 3.63) is 71.5 Å². The molecule has 0 atom stereocenters. The Morgan fingerprint density at radius 1 is 1.09 bits per heavy atom. The highest BCUT2D eigenvalue weighted by atomic mass is 16.5. The van der Waals surface area contributed by atoms with Crippen LogP contribution in [0, 0.1) is 18.3 Å². The van der Waals surface area contributed by atoms with Gasteiger partial charge in [-0.1, -0.05) is 35.5 Å². The van der Waals surface area contributed by atoms with E-state index in [4.69, 9.17) is 10.00 Å². The molecule has 0 radical (unpaired) electrons. The van der Waals surface area contributed by atoms with Gasteiger partial charge < -0.3 is 4.74 Å². The Kier molecular flexibility index (Phi) is 3.84. The van der Waals surface area contributed by atoms with Crippen LogP contribution in [0.3, 0.4) is 0 Å². The third kappa shape index (κ3) is 2.81. The average Bonchev–Trinajstić information content (AvgIpc) is 2.95. The third-order valence-corrected chi connectivity index (χ3v) is 3.33. The van der Waals surface area contributed by atoms with E-state index in [9.17, 15) is 0 Å². The number of nitriles is 1. The summed E-state index contributed by atoms with van der Waals surface area (Å²) in [5.41, 5.74) is 3.03. The number of hydrogen-bond donors (Lipinski definition) is 0. The summed E-state index contributed by atoms with van der Waals surface area (Å²) in [6.45, 7) is 2.35. The molecule has 5 nitrogen and oxygen atoms in total. The lowest BCUT2D eigenvalue weighted by atomic mass is 10.2. The van der Waals surface area contributed by atoms with Crippen LogP contribution < -0.4 is 4.74 Å². The molecule has 108 valence electrons. The first kappa shape index (κ1) is 13.8. The minimum Gasteiger partial charge on any atom is -0.489 e. The average molecular weight is 290 g/mol. The van der Waals surface area contributed by atoms with Crippen LogP contribution in [-0.2, 0) is 6.61 Å². The van der Waals surface area contributed by atoms with E-state index in [-0.39, 0.29) is 0 Å². The molecule has 0 bridgehead atoms. The quantitative estimate of drug-likeness (QED) is 0.741.